The molecule has 0 aromatic carbocycles. The Labute approximate surface area is 126 Å². The van der Waals surface area contributed by atoms with Crippen molar-refractivity contribution in [2.45, 2.75) is 77.9 Å². The molecular weight excluding hydrogens is 250 g/mol. The summed E-state index contributed by atoms with van der Waals surface area (Å²) in [5, 5.41) is 3.41. The molecule has 20 heavy (non-hydrogen) atoms. The van der Waals surface area contributed by atoms with E-state index in [9.17, 15) is 0 Å². The van der Waals surface area contributed by atoms with Crippen LogP contribution in [0.1, 0.15) is 72.1 Å². The minimum absolute atomic E-state index is 0.446. The van der Waals surface area contributed by atoms with Crippen LogP contribution in [0.4, 0.5) is 0 Å². The maximum atomic E-state index is 5.63. The van der Waals surface area contributed by atoms with E-state index in [1.165, 1.54) is 44.9 Å². The number of rotatable bonds is 14. The van der Waals surface area contributed by atoms with E-state index in [0.29, 0.717) is 5.92 Å². The third kappa shape index (κ3) is 8.23. The van der Waals surface area contributed by atoms with Gasteiger partial charge in [0.15, 0.2) is 5.79 Å². The van der Waals surface area contributed by atoms with Crippen LogP contribution in [0, 0.1) is 5.92 Å². The van der Waals surface area contributed by atoms with E-state index in [1.54, 1.807) is 14.2 Å². The van der Waals surface area contributed by atoms with Crippen molar-refractivity contribution in [3.8, 4) is 0 Å². The first kappa shape index (κ1) is 19.9. The summed E-state index contributed by atoms with van der Waals surface area (Å²) < 4.78 is 11.3. The molecule has 0 amide bonds. The highest BCUT2D eigenvalue weighted by atomic mass is 16.7. The van der Waals surface area contributed by atoms with Gasteiger partial charge in [-0.1, -0.05) is 52.4 Å². The second kappa shape index (κ2) is 12.6. The van der Waals surface area contributed by atoms with Crippen LogP contribution in [0.15, 0.2) is 0 Å². The monoisotopic (exact) mass is 287 g/mol. The Morgan fingerprint density at radius 3 is 2.05 bits per heavy atom. The Morgan fingerprint density at radius 1 is 0.900 bits per heavy atom. The Bertz CT molecular complexity index is 205. The molecule has 0 saturated heterocycles. The second-order valence-electron chi connectivity index (χ2n) is 5.82. The third-order valence-electron chi connectivity index (χ3n) is 4.38. The molecule has 0 aromatic rings. The van der Waals surface area contributed by atoms with Gasteiger partial charge in [0.05, 0.1) is 0 Å². The van der Waals surface area contributed by atoms with Gasteiger partial charge in [0.25, 0.3) is 0 Å². The topological polar surface area (TPSA) is 30.5 Å². The molecule has 0 aromatic heterocycles. The van der Waals surface area contributed by atoms with Crippen LogP contribution in [0.25, 0.3) is 0 Å². The lowest BCUT2D eigenvalue weighted by molar-refractivity contribution is -0.229. The molecule has 1 atom stereocenters. The van der Waals surface area contributed by atoms with Gasteiger partial charge in [-0.25, -0.2) is 0 Å². The molecule has 0 bridgehead atoms. The normalized spacial score (nSPS) is 13.7. The van der Waals surface area contributed by atoms with Crippen molar-refractivity contribution < 1.29 is 9.47 Å². The standard InChI is InChI=1S/C17H37NO2/c1-6-8-9-10-11-12-13-16(14-15-18-7-2)17(3,19-4)20-5/h16,18H,6-15H2,1-5H3. The first-order valence-corrected chi connectivity index (χ1v) is 8.45. The predicted octanol–water partition coefficient (Wildman–Crippen LogP) is 4.36. The van der Waals surface area contributed by atoms with Gasteiger partial charge in [0.1, 0.15) is 0 Å². The molecule has 0 aliphatic carbocycles. The van der Waals surface area contributed by atoms with Crippen molar-refractivity contribution in [3.05, 3.63) is 0 Å². The average molecular weight is 287 g/mol. The van der Waals surface area contributed by atoms with Crippen LogP contribution in [0.3, 0.4) is 0 Å². The summed E-state index contributed by atoms with van der Waals surface area (Å²) in [5.74, 6) is 0.0153. The Hall–Kier alpha value is -0.120. The number of methoxy groups -OCH3 is 2. The van der Waals surface area contributed by atoms with Crippen LogP contribution in [0.2, 0.25) is 0 Å². The van der Waals surface area contributed by atoms with E-state index in [1.807, 2.05) is 0 Å². The van der Waals surface area contributed by atoms with Gasteiger partial charge >= 0.3 is 0 Å². The minimum atomic E-state index is -0.446. The zero-order chi connectivity index (χ0) is 15.3. The van der Waals surface area contributed by atoms with E-state index in [2.05, 4.69) is 26.1 Å². The van der Waals surface area contributed by atoms with Crippen LogP contribution in [-0.4, -0.2) is 33.1 Å². The van der Waals surface area contributed by atoms with Crippen molar-refractivity contribution in [2.24, 2.45) is 5.92 Å². The second-order valence-corrected chi connectivity index (χ2v) is 5.82. The Balaban J connectivity index is 4.10. The van der Waals surface area contributed by atoms with Crippen molar-refractivity contribution in [2.75, 3.05) is 27.3 Å². The minimum Gasteiger partial charge on any atom is -0.353 e. The molecule has 0 aliphatic rings. The molecule has 0 spiro atoms. The van der Waals surface area contributed by atoms with E-state index < -0.39 is 5.79 Å². The summed E-state index contributed by atoms with van der Waals surface area (Å²) in [5.41, 5.74) is 0. The predicted molar refractivity (Wildman–Crippen MR) is 87.1 cm³/mol. The highest BCUT2D eigenvalue weighted by Crippen LogP contribution is 2.30. The van der Waals surface area contributed by atoms with Crippen LogP contribution in [-0.2, 0) is 9.47 Å². The summed E-state index contributed by atoms with van der Waals surface area (Å²) in [4.78, 5) is 0. The molecular formula is C17H37NO2. The fourth-order valence-corrected chi connectivity index (χ4v) is 2.71. The molecule has 0 aliphatic heterocycles. The van der Waals surface area contributed by atoms with E-state index >= 15 is 0 Å². The molecule has 122 valence electrons. The van der Waals surface area contributed by atoms with E-state index in [0.717, 1.165) is 19.5 Å². The van der Waals surface area contributed by atoms with Gasteiger partial charge in [0, 0.05) is 20.1 Å². The zero-order valence-corrected chi connectivity index (χ0v) is 14.5. The Morgan fingerprint density at radius 2 is 1.50 bits per heavy atom. The van der Waals surface area contributed by atoms with E-state index in [-0.39, 0.29) is 0 Å². The molecule has 3 heteroatoms. The summed E-state index contributed by atoms with van der Waals surface area (Å²) in [6.45, 7) is 8.55. The molecule has 0 fully saturated rings. The lowest BCUT2D eigenvalue weighted by atomic mass is 9.89. The quantitative estimate of drug-likeness (QED) is 0.380. The van der Waals surface area contributed by atoms with Gasteiger partial charge in [-0.3, -0.25) is 0 Å². The fourth-order valence-electron chi connectivity index (χ4n) is 2.71. The lowest BCUT2D eigenvalue weighted by Gasteiger charge is -2.35. The van der Waals surface area contributed by atoms with Crippen LogP contribution >= 0.6 is 0 Å². The number of ether oxygens (including phenoxy) is 2. The smallest absolute Gasteiger partial charge is 0.167 e. The van der Waals surface area contributed by atoms with Gasteiger partial charge in [-0.05, 0) is 32.9 Å². The number of hydrogen-bond acceptors (Lipinski definition) is 3. The van der Waals surface area contributed by atoms with Crippen molar-refractivity contribution in [1.82, 2.24) is 5.32 Å². The first-order chi connectivity index (χ1) is 9.64. The van der Waals surface area contributed by atoms with Crippen LogP contribution < -0.4 is 5.32 Å². The SMILES string of the molecule is CCCCCCCCC(CCNCC)C(C)(OC)OC. The highest BCUT2D eigenvalue weighted by Gasteiger charge is 2.33. The summed E-state index contributed by atoms with van der Waals surface area (Å²) >= 11 is 0. The van der Waals surface area contributed by atoms with Crippen molar-refractivity contribution in [3.63, 3.8) is 0 Å². The fraction of sp³-hybridized carbons (Fsp3) is 1.00. The maximum Gasteiger partial charge on any atom is 0.167 e. The highest BCUT2D eigenvalue weighted by molar-refractivity contribution is 4.76. The first-order valence-electron chi connectivity index (χ1n) is 8.45. The van der Waals surface area contributed by atoms with Crippen LogP contribution in [0.5, 0.6) is 0 Å². The van der Waals surface area contributed by atoms with Crippen molar-refractivity contribution in [1.29, 1.82) is 0 Å². The third-order valence-corrected chi connectivity index (χ3v) is 4.38. The van der Waals surface area contributed by atoms with Gasteiger partial charge in [-0.15, -0.1) is 0 Å². The summed E-state index contributed by atoms with van der Waals surface area (Å²) in [6.07, 6.45) is 10.4. The Kier molecular flexibility index (Phi) is 12.5. The maximum absolute atomic E-state index is 5.63. The molecule has 3 nitrogen and oxygen atoms in total. The van der Waals surface area contributed by atoms with Gasteiger partial charge < -0.3 is 14.8 Å². The molecule has 0 rings (SSSR count). The lowest BCUT2D eigenvalue weighted by Crippen LogP contribution is -2.40. The summed E-state index contributed by atoms with van der Waals surface area (Å²) in [6, 6.07) is 0. The number of nitrogens with one attached hydrogen (secondary N) is 1. The zero-order valence-electron chi connectivity index (χ0n) is 14.5. The average Bonchev–Trinajstić information content (AvgIpc) is 2.48. The van der Waals surface area contributed by atoms with E-state index in [4.69, 9.17) is 9.47 Å². The number of hydrogen-bond donors (Lipinski definition) is 1. The molecule has 0 radical (unpaired) electrons. The van der Waals surface area contributed by atoms with Gasteiger partial charge in [0.2, 0.25) is 0 Å². The molecule has 1 N–H and O–H groups in total. The molecule has 0 heterocycles. The molecule has 1 unspecified atom stereocenters. The number of unbranched alkanes of at least 4 members (excludes halogenated alkanes) is 5. The summed E-state index contributed by atoms with van der Waals surface area (Å²) in [7, 11) is 3.51. The van der Waals surface area contributed by atoms with Gasteiger partial charge in [-0.2, -0.15) is 0 Å². The largest absolute Gasteiger partial charge is 0.353 e. The van der Waals surface area contributed by atoms with Crippen molar-refractivity contribution >= 4 is 0 Å². The molecule has 0 saturated carbocycles.